The van der Waals surface area contributed by atoms with E-state index >= 15 is 0 Å². The van der Waals surface area contributed by atoms with Crippen LogP contribution in [0, 0.1) is 13.8 Å². The van der Waals surface area contributed by atoms with E-state index in [-0.39, 0.29) is 0 Å². The van der Waals surface area contributed by atoms with Crippen LogP contribution >= 0.6 is 0 Å². The van der Waals surface area contributed by atoms with Gasteiger partial charge in [0.15, 0.2) is 5.65 Å². The van der Waals surface area contributed by atoms with Gasteiger partial charge < -0.3 is 9.88 Å². The van der Waals surface area contributed by atoms with Crippen LogP contribution in [-0.4, -0.2) is 33.4 Å². The van der Waals surface area contributed by atoms with E-state index < -0.39 is 0 Å². The summed E-state index contributed by atoms with van der Waals surface area (Å²) in [6.07, 6.45) is 5.01. The van der Waals surface area contributed by atoms with E-state index in [9.17, 15) is 0 Å². The van der Waals surface area contributed by atoms with Crippen molar-refractivity contribution < 1.29 is 0 Å². The Morgan fingerprint density at radius 2 is 1.96 bits per heavy atom. The van der Waals surface area contributed by atoms with Crippen molar-refractivity contribution in [3.63, 3.8) is 0 Å². The van der Waals surface area contributed by atoms with E-state index in [4.69, 9.17) is 4.98 Å². The maximum absolute atomic E-state index is 5.01. The number of fused-ring (bicyclic) bond motifs is 2. The predicted octanol–water partition coefficient (Wildman–Crippen LogP) is 4.90. The van der Waals surface area contributed by atoms with Crippen LogP contribution in [0.5, 0.6) is 0 Å². The van der Waals surface area contributed by atoms with Gasteiger partial charge >= 0.3 is 0 Å². The van der Waals surface area contributed by atoms with E-state index in [0.717, 1.165) is 47.5 Å². The third kappa shape index (κ3) is 2.90. The molecule has 0 spiro atoms. The molecular formula is C24H24N4. The third-order valence-corrected chi connectivity index (χ3v) is 5.75. The highest BCUT2D eigenvalue weighted by Gasteiger charge is 2.17. The van der Waals surface area contributed by atoms with Crippen molar-refractivity contribution in [1.29, 1.82) is 0 Å². The fourth-order valence-electron chi connectivity index (χ4n) is 4.27. The second kappa shape index (κ2) is 6.57. The Bertz CT molecular complexity index is 1190. The Hall–Kier alpha value is -2.98. The molecule has 1 aliphatic rings. The molecule has 3 heterocycles. The number of nitrogens with zero attached hydrogens (tertiary/aromatic N) is 3. The topological polar surface area (TPSA) is 44.8 Å². The minimum atomic E-state index is 0.828. The lowest BCUT2D eigenvalue weighted by atomic mass is 9.92. The van der Waals surface area contributed by atoms with E-state index in [1.54, 1.807) is 0 Å². The van der Waals surface area contributed by atoms with Crippen molar-refractivity contribution in [1.82, 2.24) is 19.9 Å². The van der Waals surface area contributed by atoms with Gasteiger partial charge in [0, 0.05) is 30.4 Å². The molecule has 0 unspecified atom stereocenters. The number of aromatic nitrogens is 3. The summed E-state index contributed by atoms with van der Waals surface area (Å²) in [6, 6.07) is 13.1. The van der Waals surface area contributed by atoms with Crippen LogP contribution in [-0.2, 0) is 13.0 Å². The fraction of sp³-hybridized carbons (Fsp3) is 0.250. The quantitative estimate of drug-likeness (QED) is 0.547. The highest BCUT2D eigenvalue weighted by atomic mass is 15.1. The Morgan fingerprint density at radius 3 is 2.82 bits per heavy atom. The van der Waals surface area contributed by atoms with Gasteiger partial charge in [-0.3, -0.25) is 0 Å². The molecule has 140 valence electrons. The number of aryl methyl sites for hydroxylation is 2. The van der Waals surface area contributed by atoms with E-state index in [1.807, 2.05) is 12.4 Å². The Labute approximate surface area is 165 Å². The first-order valence-corrected chi connectivity index (χ1v) is 9.81. The molecule has 28 heavy (non-hydrogen) atoms. The predicted molar refractivity (Wildman–Crippen MR) is 114 cm³/mol. The summed E-state index contributed by atoms with van der Waals surface area (Å²) in [6.45, 7) is 6.46. The summed E-state index contributed by atoms with van der Waals surface area (Å²) in [5, 5.41) is 0. The van der Waals surface area contributed by atoms with Gasteiger partial charge in [0.25, 0.3) is 0 Å². The number of hydrogen-bond acceptors (Lipinski definition) is 3. The number of H-pyrrole nitrogens is 1. The molecule has 0 atom stereocenters. The van der Waals surface area contributed by atoms with Crippen LogP contribution in [0.15, 0.2) is 48.8 Å². The molecule has 0 fully saturated rings. The first-order valence-electron chi connectivity index (χ1n) is 9.81. The molecule has 0 saturated carbocycles. The van der Waals surface area contributed by atoms with Crippen LogP contribution in [0.3, 0.4) is 0 Å². The van der Waals surface area contributed by atoms with Crippen LogP contribution in [0.25, 0.3) is 33.5 Å². The Balaban J connectivity index is 1.64. The summed E-state index contributed by atoms with van der Waals surface area (Å²) < 4.78 is 0. The lowest BCUT2D eigenvalue weighted by Gasteiger charge is -2.27. The summed E-state index contributed by atoms with van der Waals surface area (Å²) in [4.78, 5) is 15.3. The normalized spacial score (nSPS) is 14.4. The van der Waals surface area contributed by atoms with E-state index in [0.29, 0.717) is 0 Å². The zero-order valence-electron chi connectivity index (χ0n) is 16.6. The molecule has 2 aromatic heterocycles. The average Bonchev–Trinajstić information content (AvgIpc) is 3.10. The van der Waals surface area contributed by atoms with Gasteiger partial charge in [-0.2, -0.15) is 0 Å². The number of likely N-dealkylation sites (N-methyl/N-ethyl adjacent to an activating group) is 1. The minimum absolute atomic E-state index is 0.828. The lowest BCUT2D eigenvalue weighted by molar-refractivity contribution is 0.312. The molecule has 4 heteroatoms. The molecule has 1 aliphatic heterocycles. The van der Waals surface area contributed by atoms with Gasteiger partial charge in [0.1, 0.15) is 5.52 Å². The van der Waals surface area contributed by atoms with Crippen LogP contribution in [0.1, 0.15) is 22.3 Å². The summed E-state index contributed by atoms with van der Waals surface area (Å²) >= 11 is 0. The van der Waals surface area contributed by atoms with Crippen molar-refractivity contribution >= 4 is 11.2 Å². The second-order valence-corrected chi connectivity index (χ2v) is 7.94. The molecule has 4 aromatic rings. The molecule has 0 aliphatic carbocycles. The largest absolute Gasteiger partial charge is 0.344 e. The van der Waals surface area contributed by atoms with Crippen molar-refractivity contribution in [3.8, 4) is 22.4 Å². The SMILES string of the molecule is Cc1cccc(-c2c[nH]c3ncc(-c4cc(C)c5c(c4)CN(C)CC5)nc23)c1. The monoisotopic (exact) mass is 368 g/mol. The molecule has 1 N–H and O–H groups in total. The second-order valence-electron chi connectivity index (χ2n) is 7.94. The number of aromatic amines is 1. The number of hydrogen-bond donors (Lipinski definition) is 1. The first kappa shape index (κ1) is 17.1. The molecule has 0 saturated heterocycles. The number of rotatable bonds is 2. The smallest absolute Gasteiger partial charge is 0.156 e. The standard InChI is InChI=1S/C24H24N4/c1-15-5-4-6-17(9-15)21-12-25-24-23(21)27-22(13-26-24)18-10-16(2)20-7-8-28(3)14-19(20)11-18/h4-6,9-13H,7-8,14H2,1-3H3,(H,25,26). The van der Waals surface area contributed by atoms with Gasteiger partial charge in [-0.05, 0) is 61.7 Å². The Kier molecular flexibility index (Phi) is 4.02. The highest BCUT2D eigenvalue weighted by molar-refractivity contribution is 5.91. The van der Waals surface area contributed by atoms with Crippen molar-refractivity contribution in [3.05, 3.63) is 71.0 Å². The van der Waals surface area contributed by atoms with Gasteiger partial charge in [0.05, 0.1) is 11.9 Å². The minimum Gasteiger partial charge on any atom is -0.344 e. The fourth-order valence-corrected chi connectivity index (χ4v) is 4.27. The zero-order valence-corrected chi connectivity index (χ0v) is 16.6. The van der Waals surface area contributed by atoms with E-state index in [2.05, 4.69) is 72.2 Å². The molecule has 0 bridgehead atoms. The van der Waals surface area contributed by atoms with Crippen LogP contribution in [0.4, 0.5) is 0 Å². The molecule has 0 radical (unpaired) electrons. The third-order valence-electron chi connectivity index (χ3n) is 5.75. The van der Waals surface area contributed by atoms with Gasteiger partial charge in [-0.1, -0.05) is 29.8 Å². The Morgan fingerprint density at radius 1 is 1.07 bits per heavy atom. The molecule has 2 aromatic carbocycles. The van der Waals surface area contributed by atoms with Crippen LogP contribution in [0.2, 0.25) is 0 Å². The van der Waals surface area contributed by atoms with Crippen LogP contribution < -0.4 is 0 Å². The molecule has 5 rings (SSSR count). The number of benzene rings is 2. The average molecular weight is 368 g/mol. The van der Waals surface area contributed by atoms with Crippen molar-refractivity contribution in [2.45, 2.75) is 26.8 Å². The van der Waals surface area contributed by atoms with Gasteiger partial charge in [-0.15, -0.1) is 0 Å². The molecular weight excluding hydrogens is 344 g/mol. The lowest BCUT2D eigenvalue weighted by Crippen LogP contribution is -2.27. The first-order chi connectivity index (χ1) is 13.6. The summed E-state index contributed by atoms with van der Waals surface area (Å²) in [5.41, 5.74) is 11.6. The van der Waals surface area contributed by atoms with Crippen molar-refractivity contribution in [2.75, 3.05) is 13.6 Å². The molecule has 0 amide bonds. The summed E-state index contributed by atoms with van der Waals surface area (Å²) in [7, 11) is 2.19. The van der Waals surface area contributed by atoms with Gasteiger partial charge in [0.2, 0.25) is 0 Å². The molecule has 4 nitrogen and oxygen atoms in total. The number of nitrogens with one attached hydrogen (secondary N) is 1. The zero-order chi connectivity index (χ0) is 19.3. The van der Waals surface area contributed by atoms with Gasteiger partial charge in [-0.25, -0.2) is 9.97 Å². The highest BCUT2D eigenvalue weighted by Crippen LogP contribution is 2.31. The summed E-state index contributed by atoms with van der Waals surface area (Å²) in [5.74, 6) is 0. The maximum Gasteiger partial charge on any atom is 0.156 e. The van der Waals surface area contributed by atoms with Crippen molar-refractivity contribution in [2.24, 2.45) is 0 Å². The van der Waals surface area contributed by atoms with E-state index in [1.165, 1.54) is 27.8 Å². The maximum atomic E-state index is 5.01.